The summed E-state index contributed by atoms with van der Waals surface area (Å²) in [5.74, 6) is -0.554. The van der Waals surface area contributed by atoms with Crippen LogP contribution in [0.5, 0.6) is 0 Å². The predicted octanol–water partition coefficient (Wildman–Crippen LogP) is 1.69. The van der Waals surface area contributed by atoms with Gasteiger partial charge in [-0.15, -0.1) is 0 Å². The molecule has 0 heterocycles. The van der Waals surface area contributed by atoms with Crippen LogP contribution in [0.15, 0.2) is 29.4 Å². The van der Waals surface area contributed by atoms with Gasteiger partial charge < -0.3 is 21.0 Å². The molecule has 1 amide bonds. The third-order valence-electron chi connectivity index (χ3n) is 2.31. The van der Waals surface area contributed by atoms with E-state index in [1.165, 1.54) is 24.3 Å². The van der Waals surface area contributed by atoms with Crippen LogP contribution in [0.1, 0.15) is 12.0 Å². The number of hydrogen-bond acceptors (Lipinski definition) is 4. The van der Waals surface area contributed by atoms with Crippen molar-refractivity contribution in [2.24, 2.45) is 10.9 Å². The second kappa shape index (κ2) is 7.48. The van der Waals surface area contributed by atoms with E-state index in [9.17, 15) is 18.0 Å². The van der Waals surface area contributed by atoms with Crippen molar-refractivity contribution in [2.45, 2.75) is 12.6 Å². The average Bonchev–Trinajstić information content (AvgIpc) is 2.42. The summed E-state index contributed by atoms with van der Waals surface area (Å²) in [6.45, 7) is -1.71. The summed E-state index contributed by atoms with van der Waals surface area (Å²) < 4.78 is 39.7. The number of amides is 1. The van der Waals surface area contributed by atoms with Crippen LogP contribution in [0.25, 0.3) is 0 Å². The molecule has 0 spiro atoms. The van der Waals surface area contributed by atoms with E-state index < -0.39 is 18.7 Å². The standard InChI is InChI=1S/C12H14F3N3O3/c13-12(14,15)7-21-6-5-10(19)17-9-3-1-8(2-4-9)11(16)18-20/h1-4,20H,5-7H2,(H2,16,18)(H,17,19). The van der Waals surface area contributed by atoms with Crippen molar-refractivity contribution in [1.82, 2.24) is 0 Å². The van der Waals surface area contributed by atoms with Crippen LogP contribution < -0.4 is 11.1 Å². The summed E-state index contributed by atoms with van der Waals surface area (Å²) in [7, 11) is 0. The number of rotatable bonds is 6. The highest BCUT2D eigenvalue weighted by Crippen LogP contribution is 2.14. The third kappa shape index (κ3) is 6.61. The van der Waals surface area contributed by atoms with E-state index in [-0.39, 0.29) is 18.9 Å². The number of nitrogens with one attached hydrogen (secondary N) is 1. The number of nitrogens with two attached hydrogens (primary N) is 1. The minimum atomic E-state index is -4.40. The van der Waals surface area contributed by atoms with Crippen molar-refractivity contribution in [1.29, 1.82) is 0 Å². The molecule has 9 heteroatoms. The van der Waals surface area contributed by atoms with Crippen molar-refractivity contribution >= 4 is 17.4 Å². The molecule has 1 aromatic carbocycles. The first kappa shape index (κ1) is 16.8. The molecular formula is C12H14F3N3O3. The number of halogens is 3. The zero-order valence-electron chi connectivity index (χ0n) is 10.9. The molecule has 0 saturated carbocycles. The van der Waals surface area contributed by atoms with Crippen LogP contribution in [0.2, 0.25) is 0 Å². The van der Waals surface area contributed by atoms with Gasteiger partial charge in [0.05, 0.1) is 13.0 Å². The normalized spacial score (nSPS) is 12.2. The van der Waals surface area contributed by atoms with E-state index in [4.69, 9.17) is 10.9 Å². The van der Waals surface area contributed by atoms with Crippen molar-refractivity contribution < 1.29 is 27.9 Å². The van der Waals surface area contributed by atoms with E-state index in [0.717, 1.165) is 0 Å². The molecule has 0 bridgehead atoms. The number of nitrogens with zero attached hydrogens (tertiary/aromatic N) is 1. The molecule has 4 N–H and O–H groups in total. The Bertz CT molecular complexity index is 501. The summed E-state index contributed by atoms with van der Waals surface area (Å²) in [6, 6.07) is 6.07. The van der Waals surface area contributed by atoms with E-state index in [0.29, 0.717) is 11.3 Å². The number of amidine groups is 1. The summed E-state index contributed by atoms with van der Waals surface area (Å²) >= 11 is 0. The van der Waals surface area contributed by atoms with Gasteiger partial charge in [0.25, 0.3) is 0 Å². The van der Waals surface area contributed by atoms with Crippen LogP contribution >= 0.6 is 0 Å². The second-order valence-electron chi connectivity index (χ2n) is 4.03. The predicted molar refractivity (Wildman–Crippen MR) is 69.1 cm³/mol. The number of oxime groups is 1. The molecule has 21 heavy (non-hydrogen) atoms. The lowest BCUT2D eigenvalue weighted by molar-refractivity contribution is -0.174. The lowest BCUT2D eigenvalue weighted by Crippen LogP contribution is -2.20. The third-order valence-corrected chi connectivity index (χ3v) is 2.31. The SMILES string of the molecule is N/C(=N/O)c1ccc(NC(=O)CCOCC(F)(F)F)cc1. The Kier molecular flexibility index (Phi) is 5.97. The van der Waals surface area contributed by atoms with Crippen LogP contribution in [-0.2, 0) is 9.53 Å². The fourth-order valence-corrected chi connectivity index (χ4v) is 1.36. The molecule has 0 unspecified atom stereocenters. The van der Waals surface area contributed by atoms with Crippen molar-refractivity contribution in [3.05, 3.63) is 29.8 Å². The largest absolute Gasteiger partial charge is 0.411 e. The van der Waals surface area contributed by atoms with E-state index >= 15 is 0 Å². The maximum Gasteiger partial charge on any atom is 0.411 e. The Morgan fingerprint density at radius 3 is 2.48 bits per heavy atom. The summed E-state index contributed by atoms with van der Waals surface area (Å²) in [5.41, 5.74) is 6.26. The fourth-order valence-electron chi connectivity index (χ4n) is 1.36. The lowest BCUT2D eigenvalue weighted by atomic mass is 10.2. The van der Waals surface area contributed by atoms with Gasteiger partial charge in [-0.1, -0.05) is 5.16 Å². The molecule has 0 aliphatic rings. The molecule has 0 aliphatic heterocycles. The minimum absolute atomic E-state index is 0.0755. The molecule has 0 fully saturated rings. The number of anilines is 1. The van der Waals surface area contributed by atoms with E-state index in [1.54, 1.807) is 0 Å². The smallest absolute Gasteiger partial charge is 0.409 e. The number of alkyl halides is 3. The maximum absolute atomic E-state index is 11.8. The average molecular weight is 305 g/mol. The zero-order chi connectivity index (χ0) is 15.9. The van der Waals surface area contributed by atoms with Gasteiger partial charge in [-0.2, -0.15) is 13.2 Å². The summed E-state index contributed by atoms with van der Waals surface area (Å²) in [6.07, 6.45) is -4.60. The molecule has 6 nitrogen and oxygen atoms in total. The summed E-state index contributed by atoms with van der Waals surface area (Å²) in [4.78, 5) is 11.5. The van der Waals surface area contributed by atoms with Crippen LogP contribution in [0.4, 0.5) is 18.9 Å². The molecule has 0 radical (unpaired) electrons. The monoisotopic (exact) mass is 305 g/mol. The number of hydrogen-bond donors (Lipinski definition) is 3. The first-order valence-corrected chi connectivity index (χ1v) is 5.84. The van der Waals surface area contributed by atoms with Crippen LogP contribution in [0, 0.1) is 0 Å². The van der Waals surface area contributed by atoms with Gasteiger partial charge in [0.15, 0.2) is 5.84 Å². The Balaban J connectivity index is 2.38. The van der Waals surface area contributed by atoms with Gasteiger partial charge >= 0.3 is 6.18 Å². The molecule has 0 saturated heterocycles. The molecule has 1 rings (SSSR count). The number of ether oxygens (including phenoxy) is 1. The quantitative estimate of drug-likeness (QED) is 0.245. The van der Waals surface area contributed by atoms with Gasteiger partial charge in [-0.3, -0.25) is 4.79 Å². The molecule has 0 aromatic heterocycles. The first-order valence-electron chi connectivity index (χ1n) is 5.84. The topological polar surface area (TPSA) is 96.9 Å². The van der Waals surface area contributed by atoms with Gasteiger partial charge in [0.2, 0.25) is 5.91 Å². The van der Waals surface area contributed by atoms with E-state index in [2.05, 4.69) is 15.2 Å². The Morgan fingerprint density at radius 1 is 1.33 bits per heavy atom. The van der Waals surface area contributed by atoms with Crippen molar-refractivity contribution in [3.8, 4) is 0 Å². The van der Waals surface area contributed by atoms with Crippen LogP contribution in [0.3, 0.4) is 0 Å². The zero-order valence-corrected chi connectivity index (χ0v) is 10.9. The maximum atomic E-state index is 11.8. The van der Waals surface area contributed by atoms with Gasteiger partial charge in [-0.05, 0) is 24.3 Å². The Morgan fingerprint density at radius 2 is 1.95 bits per heavy atom. The van der Waals surface area contributed by atoms with Crippen LogP contribution in [-0.4, -0.2) is 36.3 Å². The lowest BCUT2D eigenvalue weighted by Gasteiger charge is -2.08. The molecule has 1 aromatic rings. The molecule has 0 aliphatic carbocycles. The number of carbonyl (C=O) groups excluding carboxylic acids is 1. The van der Waals surface area contributed by atoms with Crippen molar-refractivity contribution in [3.63, 3.8) is 0 Å². The molecule has 116 valence electrons. The van der Waals surface area contributed by atoms with Gasteiger partial charge in [0, 0.05) is 11.3 Å². The highest BCUT2D eigenvalue weighted by molar-refractivity contribution is 5.98. The number of carbonyl (C=O) groups is 1. The molecular weight excluding hydrogens is 291 g/mol. The highest BCUT2D eigenvalue weighted by Gasteiger charge is 2.27. The number of benzene rings is 1. The van der Waals surface area contributed by atoms with Crippen molar-refractivity contribution in [2.75, 3.05) is 18.5 Å². The second-order valence-corrected chi connectivity index (χ2v) is 4.03. The Labute approximate surface area is 118 Å². The fraction of sp³-hybridized carbons (Fsp3) is 0.333. The highest BCUT2D eigenvalue weighted by atomic mass is 19.4. The Hall–Kier alpha value is -2.29. The minimum Gasteiger partial charge on any atom is -0.409 e. The van der Waals surface area contributed by atoms with Gasteiger partial charge in [-0.25, -0.2) is 0 Å². The van der Waals surface area contributed by atoms with E-state index in [1.807, 2.05) is 0 Å². The molecule has 0 atom stereocenters. The first-order chi connectivity index (χ1) is 9.81. The van der Waals surface area contributed by atoms with Gasteiger partial charge in [0.1, 0.15) is 6.61 Å². The summed E-state index contributed by atoms with van der Waals surface area (Å²) in [5, 5.41) is 13.8.